The van der Waals surface area contributed by atoms with Crippen molar-refractivity contribution in [2.75, 3.05) is 24.1 Å². The smallest absolute Gasteiger partial charge is 0.254 e. The fourth-order valence-electron chi connectivity index (χ4n) is 1.77. The highest BCUT2D eigenvalue weighted by molar-refractivity contribution is 7.92. The number of anilines is 1. The Hall–Kier alpha value is -1.82. The largest absolute Gasteiger partial charge is 0.335 e. The Labute approximate surface area is 120 Å². The summed E-state index contributed by atoms with van der Waals surface area (Å²) in [6, 6.07) is 6.45. The monoisotopic (exact) mass is 296 g/mol. The Bertz CT molecular complexity index is 609. The van der Waals surface area contributed by atoms with Gasteiger partial charge in [0.25, 0.3) is 5.91 Å². The van der Waals surface area contributed by atoms with E-state index in [0.29, 0.717) is 24.3 Å². The predicted molar refractivity (Wildman–Crippen MR) is 81.3 cm³/mol. The van der Waals surface area contributed by atoms with Gasteiger partial charge in [0.05, 0.1) is 6.26 Å². The van der Waals surface area contributed by atoms with E-state index in [-0.39, 0.29) is 5.91 Å². The molecule has 6 heteroatoms. The average molecular weight is 296 g/mol. The van der Waals surface area contributed by atoms with E-state index in [9.17, 15) is 13.2 Å². The number of sulfonamides is 1. The molecular weight excluding hydrogens is 276 g/mol. The van der Waals surface area contributed by atoms with Crippen molar-refractivity contribution in [2.45, 2.75) is 13.8 Å². The van der Waals surface area contributed by atoms with Crippen LogP contribution in [-0.2, 0) is 10.0 Å². The summed E-state index contributed by atoms with van der Waals surface area (Å²) in [5.74, 6) is -0.146. The highest BCUT2D eigenvalue weighted by Crippen LogP contribution is 2.14. The summed E-state index contributed by atoms with van der Waals surface area (Å²) >= 11 is 0. The van der Waals surface area contributed by atoms with Crippen LogP contribution in [0.2, 0.25) is 0 Å². The molecule has 0 saturated carbocycles. The van der Waals surface area contributed by atoms with E-state index >= 15 is 0 Å². The highest BCUT2D eigenvalue weighted by atomic mass is 32.2. The molecule has 110 valence electrons. The number of nitrogens with one attached hydrogen (secondary N) is 1. The molecule has 0 aliphatic heterocycles. The summed E-state index contributed by atoms with van der Waals surface area (Å²) in [4.78, 5) is 14.0. The van der Waals surface area contributed by atoms with Gasteiger partial charge in [0.15, 0.2) is 0 Å². The molecule has 5 nitrogen and oxygen atoms in total. The van der Waals surface area contributed by atoms with Crippen LogP contribution in [0, 0.1) is 0 Å². The van der Waals surface area contributed by atoms with Crippen LogP contribution >= 0.6 is 0 Å². The number of benzene rings is 1. The molecular formula is C14H20N2O3S. The lowest BCUT2D eigenvalue weighted by atomic mass is 10.1. The van der Waals surface area contributed by atoms with Crippen LogP contribution in [0.25, 0.3) is 0 Å². The predicted octanol–water partition coefficient (Wildman–Crippen LogP) is 2.10. The van der Waals surface area contributed by atoms with E-state index in [4.69, 9.17) is 0 Å². The molecule has 1 aromatic rings. The van der Waals surface area contributed by atoms with Crippen LogP contribution in [0.4, 0.5) is 5.69 Å². The topological polar surface area (TPSA) is 66.5 Å². The number of hydrogen-bond donors (Lipinski definition) is 1. The maximum atomic E-state index is 12.3. The van der Waals surface area contributed by atoms with Crippen molar-refractivity contribution in [3.8, 4) is 0 Å². The van der Waals surface area contributed by atoms with Crippen LogP contribution in [0.15, 0.2) is 36.4 Å². The van der Waals surface area contributed by atoms with Gasteiger partial charge in [0.1, 0.15) is 0 Å². The third kappa shape index (κ3) is 5.05. The van der Waals surface area contributed by atoms with Crippen molar-refractivity contribution in [3.63, 3.8) is 0 Å². The molecule has 0 atom stereocenters. The maximum absolute atomic E-state index is 12.3. The summed E-state index contributed by atoms with van der Waals surface area (Å²) < 4.78 is 24.8. The fraction of sp³-hybridized carbons (Fsp3) is 0.357. The molecule has 0 aliphatic rings. The van der Waals surface area contributed by atoms with Crippen LogP contribution in [0.5, 0.6) is 0 Å². The van der Waals surface area contributed by atoms with E-state index in [1.165, 1.54) is 6.07 Å². The molecule has 1 N–H and O–H groups in total. The Morgan fingerprint density at radius 1 is 1.40 bits per heavy atom. The molecule has 1 aromatic carbocycles. The zero-order valence-electron chi connectivity index (χ0n) is 12.0. The Morgan fingerprint density at radius 3 is 2.55 bits per heavy atom. The summed E-state index contributed by atoms with van der Waals surface area (Å²) in [6.45, 7) is 8.60. The van der Waals surface area contributed by atoms with E-state index in [2.05, 4.69) is 11.3 Å². The first-order valence-electron chi connectivity index (χ1n) is 6.24. The number of amides is 1. The molecule has 0 spiro atoms. The summed E-state index contributed by atoms with van der Waals surface area (Å²) in [5.41, 5.74) is 1.72. The second-order valence-electron chi connectivity index (χ2n) is 4.73. The molecule has 0 fully saturated rings. The second-order valence-corrected chi connectivity index (χ2v) is 6.48. The number of nitrogens with zero attached hydrogens (tertiary/aromatic N) is 1. The van der Waals surface area contributed by atoms with Gasteiger partial charge in [0.2, 0.25) is 10.0 Å². The number of carbonyl (C=O) groups is 1. The van der Waals surface area contributed by atoms with Crippen LogP contribution in [0.1, 0.15) is 24.2 Å². The van der Waals surface area contributed by atoms with Gasteiger partial charge in [0, 0.05) is 24.3 Å². The zero-order chi connectivity index (χ0) is 15.3. The first-order chi connectivity index (χ1) is 9.23. The lowest BCUT2D eigenvalue weighted by molar-refractivity contribution is 0.0778. The van der Waals surface area contributed by atoms with Gasteiger partial charge in [-0.05, 0) is 32.0 Å². The van der Waals surface area contributed by atoms with Crippen LogP contribution in [-0.4, -0.2) is 38.6 Å². The first-order valence-corrected chi connectivity index (χ1v) is 8.13. The number of likely N-dealkylation sites (N-methyl/N-ethyl adjacent to an activating group) is 1. The molecule has 0 bridgehead atoms. The molecule has 0 aliphatic carbocycles. The molecule has 1 rings (SSSR count). The van der Waals surface area contributed by atoms with Gasteiger partial charge in [-0.15, -0.1) is 0 Å². The quantitative estimate of drug-likeness (QED) is 0.817. The van der Waals surface area contributed by atoms with Gasteiger partial charge in [-0.3, -0.25) is 9.52 Å². The lowest BCUT2D eigenvalue weighted by Crippen LogP contribution is -2.32. The normalized spacial score (nSPS) is 10.9. The van der Waals surface area contributed by atoms with Gasteiger partial charge >= 0.3 is 0 Å². The zero-order valence-corrected chi connectivity index (χ0v) is 12.8. The van der Waals surface area contributed by atoms with Gasteiger partial charge in [-0.25, -0.2) is 8.42 Å². The summed E-state index contributed by atoms with van der Waals surface area (Å²) in [5, 5.41) is 0. The van der Waals surface area contributed by atoms with Gasteiger partial charge < -0.3 is 4.90 Å². The Kier molecular flexibility index (Phi) is 5.33. The van der Waals surface area contributed by atoms with E-state index in [1.807, 2.05) is 13.8 Å². The number of carbonyl (C=O) groups excluding carboxylic acids is 1. The second kappa shape index (κ2) is 6.56. The summed E-state index contributed by atoms with van der Waals surface area (Å²) in [6.07, 6.45) is 1.07. The van der Waals surface area contributed by atoms with Crippen LogP contribution < -0.4 is 4.72 Å². The number of rotatable bonds is 6. The minimum absolute atomic E-state index is 0.146. The van der Waals surface area contributed by atoms with Gasteiger partial charge in [-0.2, -0.15) is 0 Å². The van der Waals surface area contributed by atoms with Crippen molar-refractivity contribution in [2.24, 2.45) is 0 Å². The molecule has 0 heterocycles. The van der Waals surface area contributed by atoms with E-state index in [0.717, 1.165) is 11.8 Å². The minimum atomic E-state index is -3.35. The SMILES string of the molecule is C=C(C)CN(CC)C(=O)c1cccc(NS(C)(=O)=O)c1. The van der Waals surface area contributed by atoms with Crippen molar-refractivity contribution in [3.05, 3.63) is 42.0 Å². The Balaban J connectivity index is 2.98. The molecule has 0 unspecified atom stereocenters. The third-order valence-corrected chi connectivity index (χ3v) is 3.15. The van der Waals surface area contributed by atoms with Crippen molar-refractivity contribution in [1.82, 2.24) is 4.90 Å². The fourth-order valence-corrected chi connectivity index (χ4v) is 2.32. The average Bonchev–Trinajstić information content (AvgIpc) is 2.33. The van der Waals surface area contributed by atoms with Gasteiger partial charge in [-0.1, -0.05) is 18.2 Å². The summed E-state index contributed by atoms with van der Waals surface area (Å²) in [7, 11) is -3.35. The highest BCUT2D eigenvalue weighted by Gasteiger charge is 2.14. The van der Waals surface area contributed by atoms with Crippen molar-refractivity contribution < 1.29 is 13.2 Å². The standard InChI is InChI=1S/C14H20N2O3S/c1-5-16(10-11(2)3)14(17)12-7-6-8-13(9-12)15-20(4,18)19/h6-9,15H,2,5,10H2,1,3-4H3. The lowest BCUT2D eigenvalue weighted by Gasteiger charge is -2.21. The van der Waals surface area contributed by atoms with E-state index < -0.39 is 10.0 Å². The molecule has 20 heavy (non-hydrogen) atoms. The third-order valence-electron chi connectivity index (χ3n) is 2.54. The molecule has 1 amide bonds. The molecule has 0 aromatic heterocycles. The molecule has 0 saturated heterocycles. The minimum Gasteiger partial charge on any atom is -0.335 e. The Morgan fingerprint density at radius 2 is 2.05 bits per heavy atom. The molecule has 0 radical (unpaired) electrons. The maximum Gasteiger partial charge on any atom is 0.254 e. The van der Waals surface area contributed by atoms with E-state index in [1.54, 1.807) is 23.1 Å². The number of hydrogen-bond acceptors (Lipinski definition) is 3. The first kappa shape index (κ1) is 16.2. The van der Waals surface area contributed by atoms with Crippen molar-refractivity contribution in [1.29, 1.82) is 0 Å². The van der Waals surface area contributed by atoms with Crippen LogP contribution in [0.3, 0.4) is 0 Å². The van der Waals surface area contributed by atoms with Crippen molar-refractivity contribution >= 4 is 21.6 Å².